The first-order valence-corrected chi connectivity index (χ1v) is 11.1. The minimum absolute atomic E-state index is 0.251. The summed E-state index contributed by atoms with van der Waals surface area (Å²) in [5, 5.41) is 18.7. The highest BCUT2D eigenvalue weighted by Gasteiger charge is 2.18. The highest BCUT2D eigenvalue weighted by atomic mass is 16.3. The van der Waals surface area contributed by atoms with E-state index in [2.05, 4.69) is 49.4 Å². The number of aliphatic hydroxyl groups excluding tert-OH is 1. The first kappa shape index (κ1) is 21.1. The topological polar surface area (TPSA) is 79.1 Å². The molecule has 166 valence electrons. The lowest BCUT2D eigenvalue weighted by atomic mass is 10.0. The van der Waals surface area contributed by atoms with E-state index in [4.69, 9.17) is 6.42 Å². The quantitative estimate of drug-likeness (QED) is 0.463. The van der Waals surface area contributed by atoms with E-state index in [1.54, 1.807) is 10.9 Å². The van der Waals surface area contributed by atoms with Gasteiger partial charge in [-0.15, -0.1) is 6.42 Å². The predicted molar refractivity (Wildman–Crippen MR) is 130 cm³/mol. The summed E-state index contributed by atoms with van der Waals surface area (Å²) in [6.07, 6.45) is 12.8. The molecule has 0 aliphatic carbocycles. The van der Waals surface area contributed by atoms with Crippen LogP contribution in [0.25, 0.3) is 22.0 Å². The van der Waals surface area contributed by atoms with Crippen LogP contribution in [0.3, 0.4) is 0 Å². The van der Waals surface area contributed by atoms with Gasteiger partial charge in [0.1, 0.15) is 0 Å². The molecule has 2 aromatic heterocycles. The average Bonchev–Trinajstić information content (AvgIpc) is 3.25. The molecule has 3 heterocycles. The van der Waals surface area contributed by atoms with Gasteiger partial charge in [0.25, 0.3) is 0 Å². The lowest BCUT2D eigenvalue weighted by molar-refractivity contribution is 0.0668. The molecule has 1 unspecified atom stereocenters. The normalized spacial score (nSPS) is 16.6. The Hall–Kier alpha value is -3.73. The van der Waals surface area contributed by atoms with Gasteiger partial charge < -0.3 is 10.4 Å². The van der Waals surface area contributed by atoms with Crippen molar-refractivity contribution in [3.8, 4) is 23.5 Å². The maximum atomic E-state index is 10.1. The largest absolute Gasteiger partial charge is 0.392 e. The van der Waals surface area contributed by atoms with Crippen molar-refractivity contribution in [2.75, 3.05) is 18.4 Å². The van der Waals surface area contributed by atoms with E-state index < -0.39 is 0 Å². The number of nitrogens with zero attached hydrogens (tertiary/aromatic N) is 5. The van der Waals surface area contributed by atoms with Crippen LogP contribution in [0.15, 0.2) is 55.0 Å². The number of hydrogen-bond donors (Lipinski definition) is 2. The number of aryl methyl sites for hydroxylation is 1. The molecule has 4 aromatic rings. The standard InChI is InChI=1S/C26H26N6O/c1-3-18-6-7-25-21(9-18)13-27-26(30-25)29-23-11-19(15-32-8-4-5-24(33)17-32)10-20(12-23)22-14-28-31(2)16-22/h1,6-7,9-14,16,24,33H,4-5,8,15,17H2,2H3,(H,27,29,30). The van der Waals surface area contributed by atoms with Crippen LogP contribution >= 0.6 is 0 Å². The maximum absolute atomic E-state index is 10.1. The second-order valence-electron chi connectivity index (χ2n) is 8.59. The number of aromatic nitrogens is 4. The van der Waals surface area contributed by atoms with Crippen LogP contribution in [0.1, 0.15) is 24.0 Å². The summed E-state index contributed by atoms with van der Waals surface area (Å²) in [7, 11) is 1.91. The van der Waals surface area contributed by atoms with Crippen molar-refractivity contribution in [2.45, 2.75) is 25.5 Å². The molecule has 1 aliphatic heterocycles. The summed E-state index contributed by atoms with van der Waals surface area (Å²) in [4.78, 5) is 11.4. The second-order valence-corrected chi connectivity index (χ2v) is 8.59. The van der Waals surface area contributed by atoms with Crippen molar-refractivity contribution in [3.05, 3.63) is 66.1 Å². The second kappa shape index (κ2) is 9.02. The molecule has 1 fully saturated rings. The van der Waals surface area contributed by atoms with Crippen molar-refractivity contribution < 1.29 is 5.11 Å². The zero-order chi connectivity index (χ0) is 22.8. The van der Waals surface area contributed by atoms with E-state index in [0.717, 1.165) is 64.8 Å². The molecular weight excluding hydrogens is 412 g/mol. The van der Waals surface area contributed by atoms with Crippen LogP contribution in [0.2, 0.25) is 0 Å². The molecule has 1 saturated heterocycles. The van der Waals surface area contributed by atoms with E-state index in [9.17, 15) is 5.11 Å². The Morgan fingerprint density at radius 2 is 2.09 bits per heavy atom. The molecule has 7 heteroatoms. The molecule has 0 saturated carbocycles. The number of fused-ring (bicyclic) bond motifs is 1. The first-order valence-electron chi connectivity index (χ1n) is 11.1. The molecular formula is C26H26N6O. The van der Waals surface area contributed by atoms with Crippen LogP contribution in [0, 0.1) is 12.3 Å². The van der Waals surface area contributed by atoms with Gasteiger partial charge in [-0.3, -0.25) is 9.58 Å². The lowest BCUT2D eigenvalue weighted by Gasteiger charge is -2.30. The molecule has 0 amide bonds. The van der Waals surface area contributed by atoms with Crippen molar-refractivity contribution >= 4 is 22.5 Å². The zero-order valence-electron chi connectivity index (χ0n) is 18.6. The van der Waals surface area contributed by atoms with Crippen LogP contribution in [-0.4, -0.2) is 48.9 Å². The number of anilines is 2. The number of aliphatic hydroxyl groups is 1. The Labute approximate surface area is 193 Å². The summed E-state index contributed by atoms with van der Waals surface area (Å²) in [6, 6.07) is 12.1. The minimum Gasteiger partial charge on any atom is -0.392 e. The molecule has 0 spiro atoms. The third-order valence-electron chi connectivity index (χ3n) is 5.92. The highest BCUT2D eigenvalue weighted by Crippen LogP contribution is 2.28. The van der Waals surface area contributed by atoms with Crippen molar-refractivity contribution in [3.63, 3.8) is 0 Å². The van der Waals surface area contributed by atoms with Crippen LogP contribution < -0.4 is 5.32 Å². The fraction of sp³-hybridized carbons (Fsp3) is 0.269. The number of terminal acetylenes is 1. The van der Waals surface area contributed by atoms with Gasteiger partial charge in [-0.25, -0.2) is 9.97 Å². The first-order chi connectivity index (χ1) is 16.1. The molecule has 0 bridgehead atoms. The Bertz CT molecular complexity index is 1340. The smallest absolute Gasteiger partial charge is 0.227 e. The van der Waals surface area contributed by atoms with E-state index in [0.29, 0.717) is 12.5 Å². The Kier molecular flexibility index (Phi) is 5.78. The summed E-state index contributed by atoms with van der Waals surface area (Å²) < 4.78 is 1.80. The minimum atomic E-state index is -0.251. The Balaban J connectivity index is 1.46. The zero-order valence-corrected chi connectivity index (χ0v) is 18.6. The number of β-amino-alcohol motifs (C(OH)–C–C–N with tert-alkyl or cyclic N) is 1. The number of nitrogens with one attached hydrogen (secondary N) is 1. The maximum Gasteiger partial charge on any atom is 0.227 e. The van der Waals surface area contributed by atoms with Crippen LogP contribution in [-0.2, 0) is 13.6 Å². The van der Waals surface area contributed by atoms with Crippen molar-refractivity contribution in [1.29, 1.82) is 0 Å². The molecule has 0 radical (unpaired) electrons. The Morgan fingerprint density at radius 1 is 1.18 bits per heavy atom. The monoisotopic (exact) mass is 438 g/mol. The van der Waals surface area contributed by atoms with E-state index in [-0.39, 0.29) is 6.10 Å². The van der Waals surface area contributed by atoms with E-state index >= 15 is 0 Å². The van der Waals surface area contributed by atoms with Crippen LogP contribution in [0.5, 0.6) is 0 Å². The summed E-state index contributed by atoms with van der Waals surface area (Å²) in [5.74, 6) is 3.17. The Morgan fingerprint density at radius 3 is 2.88 bits per heavy atom. The molecule has 7 nitrogen and oxygen atoms in total. The number of piperidine rings is 1. The van der Waals surface area contributed by atoms with Gasteiger partial charge >= 0.3 is 0 Å². The predicted octanol–water partition coefficient (Wildman–Crippen LogP) is 3.71. The highest BCUT2D eigenvalue weighted by molar-refractivity contribution is 5.81. The van der Waals surface area contributed by atoms with Gasteiger partial charge in [0.05, 0.1) is 17.8 Å². The molecule has 1 aliphatic rings. The molecule has 2 aromatic carbocycles. The number of likely N-dealkylation sites (tertiary alicyclic amines) is 1. The third-order valence-corrected chi connectivity index (χ3v) is 5.92. The van der Waals surface area contributed by atoms with Gasteiger partial charge in [0, 0.05) is 54.7 Å². The van der Waals surface area contributed by atoms with Gasteiger partial charge in [0.2, 0.25) is 5.95 Å². The summed E-state index contributed by atoms with van der Waals surface area (Å²) in [5.41, 5.74) is 5.82. The number of rotatable bonds is 5. The van der Waals surface area contributed by atoms with E-state index in [1.165, 1.54) is 0 Å². The van der Waals surface area contributed by atoms with Gasteiger partial charge in [-0.2, -0.15) is 5.10 Å². The molecule has 5 rings (SSSR count). The molecule has 1 atom stereocenters. The SMILES string of the molecule is C#Cc1ccc2nc(Nc3cc(CN4CCCC(O)C4)cc(-c4cnn(C)c4)c3)ncc2c1. The number of benzene rings is 2. The average molecular weight is 439 g/mol. The van der Waals surface area contributed by atoms with Crippen LogP contribution in [0.4, 0.5) is 11.6 Å². The van der Waals surface area contributed by atoms with Crippen molar-refractivity contribution in [1.82, 2.24) is 24.6 Å². The fourth-order valence-corrected chi connectivity index (χ4v) is 4.34. The number of hydrogen-bond acceptors (Lipinski definition) is 6. The summed E-state index contributed by atoms with van der Waals surface area (Å²) >= 11 is 0. The molecule has 2 N–H and O–H groups in total. The summed E-state index contributed by atoms with van der Waals surface area (Å²) in [6.45, 7) is 2.46. The van der Waals surface area contributed by atoms with Crippen molar-refractivity contribution in [2.24, 2.45) is 7.05 Å². The fourth-order valence-electron chi connectivity index (χ4n) is 4.34. The lowest BCUT2D eigenvalue weighted by Crippen LogP contribution is -2.37. The van der Waals surface area contributed by atoms with Gasteiger partial charge in [-0.05, 0) is 66.9 Å². The third kappa shape index (κ3) is 4.87. The molecule has 33 heavy (non-hydrogen) atoms. The van der Waals surface area contributed by atoms with Gasteiger partial charge in [0.15, 0.2) is 0 Å². The van der Waals surface area contributed by atoms with E-state index in [1.807, 2.05) is 37.6 Å². The van der Waals surface area contributed by atoms with Gasteiger partial charge in [-0.1, -0.05) is 5.92 Å².